The normalized spacial score (nSPS) is 17.4. The van der Waals surface area contributed by atoms with Gasteiger partial charge in [-0.2, -0.15) is 0 Å². The predicted octanol–water partition coefficient (Wildman–Crippen LogP) is 6.31. The van der Waals surface area contributed by atoms with Crippen molar-refractivity contribution in [1.82, 2.24) is 0 Å². The zero-order chi connectivity index (χ0) is 26.9. The monoisotopic (exact) mass is 511 g/mol. The molecule has 3 aromatic carbocycles. The maximum absolute atomic E-state index is 13.2. The summed E-state index contributed by atoms with van der Waals surface area (Å²) >= 11 is 0. The Labute approximate surface area is 211 Å². The topological polar surface area (TPSA) is 76.1 Å². The highest BCUT2D eigenvalue weighted by Gasteiger charge is 2.47. The van der Waals surface area contributed by atoms with Gasteiger partial charge in [-0.25, -0.2) is 0 Å². The maximum Gasteiger partial charge on any atom is 0.573 e. The number of aliphatic hydroxyl groups is 1. The molecule has 37 heavy (non-hydrogen) atoms. The van der Waals surface area contributed by atoms with E-state index in [0.717, 1.165) is 22.6 Å². The van der Waals surface area contributed by atoms with Crippen LogP contribution in [-0.2, 0) is 9.59 Å². The minimum atomic E-state index is -4.87. The average molecular weight is 511 g/mol. The Morgan fingerprint density at radius 1 is 0.973 bits per heavy atom. The Morgan fingerprint density at radius 2 is 1.62 bits per heavy atom. The van der Waals surface area contributed by atoms with E-state index in [4.69, 9.17) is 4.74 Å². The van der Waals surface area contributed by atoms with Crippen LogP contribution in [0.3, 0.4) is 0 Å². The van der Waals surface area contributed by atoms with E-state index in [9.17, 15) is 27.9 Å². The van der Waals surface area contributed by atoms with Crippen molar-refractivity contribution in [3.63, 3.8) is 0 Å². The van der Waals surface area contributed by atoms with Crippen LogP contribution >= 0.6 is 0 Å². The largest absolute Gasteiger partial charge is 0.573 e. The lowest BCUT2D eigenvalue weighted by Crippen LogP contribution is -2.29. The Morgan fingerprint density at radius 3 is 2.19 bits per heavy atom. The molecule has 1 aliphatic heterocycles. The third kappa shape index (κ3) is 5.45. The van der Waals surface area contributed by atoms with Gasteiger partial charge in [-0.05, 0) is 74.4 Å². The molecule has 1 aliphatic rings. The number of anilines is 1. The summed E-state index contributed by atoms with van der Waals surface area (Å²) in [7, 11) is 0. The zero-order valence-electron chi connectivity index (χ0n) is 20.2. The summed E-state index contributed by atoms with van der Waals surface area (Å²) in [6.45, 7) is 5.57. The average Bonchev–Trinajstić information content (AvgIpc) is 3.10. The predicted molar refractivity (Wildman–Crippen MR) is 131 cm³/mol. The molecule has 0 spiro atoms. The molecule has 192 valence electrons. The number of alkyl halides is 3. The van der Waals surface area contributed by atoms with E-state index in [-0.39, 0.29) is 23.1 Å². The molecule has 1 saturated heterocycles. The van der Waals surface area contributed by atoms with Crippen LogP contribution in [0.2, 0.25) is 0 Å². The molecule has 1 atom stereocenters. The first-order chi connectivity index (χ1) is 17.5. The first-order valence-electron chi connectivity index (χ1n) is 11.5. The molecule has 1 heterocycles. The molecular formula is C28H24F3NO5. The van der Waals surface area contributed by atoms with Crippen molar-refractivity contribution in [3.05, 3.63) is 95.1 Å². The molecule has 1 fully saturated rings. The molecular weight excluding hydrogens is 487 g/mol. The van der Waals surface area contributed by atoms with Crippen LogP contribution in [0, 0.1) is 6.92 Å². The number of carbonyl (C=O) groups excluding carboxylic acids is 2. The number of aliphatic hydroxyl groups excluding tert-OH is 1. The number of rotatable bonds is 6. The van der Waals surface area contributed by atoms with Crippen LogP contribution in [0.1, 0.15) is 36.6 Å². The minimum Gasteiger partial charge on any atom is -0.507 e. The van der Waals surface area contributed by atoms with E-state index in [1.807, 2.05) is 13.8 Å². The summed E-state index contributed by atoms with van der Waals surface area (Å²) in [5.41, 5.74) is 1.62. The fourth-order valence-corrected chi connectivity index (χ4v) is 4.20. The quantitative estimate of drug-likeness (QED) is 0.239. The molecule has 0 aromatic heterocycles. The summed E-state index contributed by atoms with van der Waals surface area (Å²) in [5.74, 6) is -2.06. The van der Waals surface area contributed by atoms with Gasteiger partial charge in [0.25, 0.3) is 11.7 Å². The fourth-order valence-electron chi connectivity index (χ4n) is 4.20. The molecule has 3 aromatic rings. The standard InChI is InChI=1S/C28H24F3NO5/c1-16(2)36-22-14-9-19(15-17(22)3)25(33)23-24(18-7-5-4-6-8-18)32(27(35)26(23)34)20-10-12-21(13-11-20)37-28(29,30)31/h4-16,24,33H,1-3H3/b25-23-. The van der Waals surface area contributed by atoms with Crippen LogP contribution in [0.4, 0.5) is 18.9 Å². The highest BCUT2D eigenvalue weighted by Crippen LogP contribution is 2.43. The number of carbonyl (C=O) groups is 2. The van der Waals surface area contributed by atoms with Crippen molar-refractivity contribution in [3.8, 4) is 11.5 Å². The Kier molecular flexibility index (Phi) is 6.98. The third-order valence-electron chi connectivity index (χ3n) is 5.72. The van der Waals surface area contributed by atoms with E-state index >= 15 is 0 Å². The van der Waals surface area contributed by atoms with Gasteiger partial charge in [-0.15, -0.1) is 13.2 Å². The highest BCUT2D eigenvalue weighted by molar-refractivity contribution is 6.51. The lowest BCUT2D eigenvalue weighted by molar-refractivity contribution is -0.274. The van der Waals surface area contributed by atoms with Gasteiger partial charge >= 0.3 is 6.36 Å². The van der Waals surface area contributed by atoms with Gasteiger partial charge in [-0.3, -0.25) is 14.5 Å². The molecule has 0 bridgehead atoms. The first kappa shape index (κ1) is 25.8. The second-order valence-electron chi connectivity index (χ2n) is 8.77. The number of Topliss-reactive ketones (excluding diaryl/α,β-unsaturated/α-hetero) is 1. The second kappa shape index (κ2) is 10.0. The van der Waals surface area contributed by atoms with Crippen molar-refractivity contribution in [1.29, 1.82) is 0 Å². The third-order valence-corrected chi connectivity index (χ3v) is 5.72. The van der Waals surface area contributed by atoms with Crippen molar-refractivity contribution in [2.75, 3.05) is 4.90 Å². The molecule has 9 heteroatoms. The summed E-state index contributed by atoms with van der Waals surface area (Å²) in [4.78, 5) is 27.6. The number of benzene rings is 3. The maximum atomic E-state index is 13.2. The van der Waals surface area contributed by atoms with E-state index < -0.39 is 29.8 Å². The first-order valence-corrected chi connectivity index (χ1v) is 11.5. The van der Waals surface area contributed by atoms with Crippen molar-refractivity contribution in [2.45, 2.75) is 39.3 Å². The number of nitrogens with zero attached hydrogens (tertiary/aromatic N) is 1. The van der Waals surface area contributed by atoms with E-state index in [1.54, 1.807) is 55.5 Å². The van der Waals surface area contributed by atoms with Crippen molar-refractivity contribution < 1.29 is 37.3 Å². The molecule has 1 unspecified atom stereocenters. The Balaban J connectivity index is 1.81. The van der Waals surface area contributed by atoms with E-state index in [1.165, 1.54) is 12.1 Å². The van der Waals surface area contributed by atoms with Crippen LogP contribution in [-0.4, -0.2) is 29.3 Å². The number of hydrogen-bond acceptors (Lipinski definition) is 5. The molecule has 6 nitrogen and oxygen atoms in total. The number of amides is 1. The smallest absolute Gasteiger partial charge is 0.507 e. The van der Waals surface area contributed by atoms with Crippen molar-refractivity contribution >= 4 is 23.1 Å². The van der Waals surface area contributed by atoms with Crippen LogP contribution in [0.25, 0.3) is 5.76 Å². The van der Waals surface area contributed by atoms with Gasteiger partial charge in [0.05, 0.1) is 17.7 Å². The number of aryl methyl sites for hydroxylation is 1. The fraction of sp³-hybridized carbons (Fsp3) is 0.214. The number of ketones is 1. The van der Waals surface area contributed by atoms with Gasteiger partial charge in [0, 0.05) is 11.3 Å². The SMILES string of the molecule is Cc1cc(/C(O)=C2/C(=O)C(=O)N(c3ccc(OC(F)(F)F)cc3)C2c2ccccc2)ccc1OC(C)C. The van der Waals surface area contributed by atoms with Crippen LogP contribution < -0.4 is 14.4 Å². The van der Waals surface area contributed by atoms with Crippen LogP contribution in [0.15, 0.2) is 78.4 Å². The number of hydrogen-bond donors (Lipinski definition) is 1. The molecule has 0 radical (unpaired) electrons. The van der Waals surface area contributed by atoms with Crippen molar-refractivity contribution in [2.24, 2.45) is 0 Å². The number of halogens is 3. The van der Waals surface area contributed by atoms with Gasteiger partial charge in [0.1, 0.15) is 17.3 Å². The molecule has 1 N–H and O–H groups in total. The molecule has 0 saturated carbocycles. The van der Waals surface area contributed by atoms with Gasteiger partial charge in [-0.1, -0.05) is 30.3 Å². The molecule has 1 amide bonds. The van der Waals surface area contributed by atoms with Gasteiger partial charge in [0.15, 0.2) is 0 Å². The zero-order valence-corrected chi connectivity index (χ0v) is 20.2. The van der Waals surface area contributed by atoms with Gasteiger partial charge in [0.2, 0.25) is 0 Å². The minimum absolute atomic E-state index is 0.0607. The lowest BCUT2D eigenvalue weighted by atomic mass is 9.94. The van der Waals surface area contributed by atoms with E-state index in [2.05, 4.69) is 4.74 Å². The Hall–Kier alpha value is -4.27. The lowest BCUT2D eigenvalue weighted by Gasteiger charge is -2.25. The van der Waals surface area contributed by atoms with Crippen LogP contribution in [0.5, 0.6) is 11.5 Å². The number of ether oxygens (including phenoxy) is 2. The highest BCUT2D eigenvalue weighted by atomic mass is 19.4. The Bertz CT molecular complexity index is 1350. The second-order valence-corrected chi connectivity index (χ2v) is 8.77. The molecule has 0 aliphatic carbocycles. The summed E-state index contributed by atoms with van der Waals surface area (Å²) in [6, 6.07) is 17.1. The van der Waals surface area contributed by atoms with E-state index in [0.29, 0.717) is 16.9 Å². The summed E-state index contributed by atoms with van der Waals surface area (Å²) < 4.78 is 47.4. The van der Waals surface area contributed by atoms with Gasteiger partial charge < -0.3 is 14.6 Å². The summed E-state index contributed by atoms with van der Waals surface area (Å²) in [5, 5.41) is 11.3. The summed E-state index contributed by atoms with van der Waals surface area (Å²) in [6.07, 6.45) is -4.93. The molecule has 4 rings (SSSR count).